The zero-order valence-electron chi connectivity index (χ0n) is 9.76. The van der Waals surface area contributed by atoms with E-state index in [2.05, 4.69) is 27.7 Å². The molecule has 3 heteroatoms. The van der Waals surface area contributed by atoms with E-state index < -0.39 is 5.60 Å². The van der Waals surface area contributed by atoms with Crippen molar-refractivity contribution in [2.45, 2.75) is 52.6 Å². The summed E-state index contributed by atoms with van der Waals surface area (Å²) in [6.07, 6.45) is 2.84. The van der Waals surface area contributed by atoms with E-state index in [1.807, 2.05) is 0 Å². The van der Waals surface area contributed by atoms with E-state index in [0.29, 0.717) is 6.54 Å². The fourth-order valence-corrected chi connectivity index (χ4v) is 3.41. The summed E-state index contributed by atoms with van der Waals surface area (Å²) in [5.74, 6) is 0. The molecule has 1 rings (SSSR count). The first-order chi connectivity index (χ1) is 5.68. The second kappa shape index (κ2) is 3.99. The molecule has 1 fully saturated rings. The Morgan fingerprint density at radius 1 is 1.00 bits per heavy atom. The van der Waals surface area contributed by atoms with Crippen LogP contribution >= 0.6 is 12.4 Å². The van der Waals surface area contributed by atoms with E-state index in [0.717, 1.165) is 12.8 Å². The Hall–Kier alpha value is 0.210. The Kier molecular flexibility index (Phi) is 4.05. The highest BCUT2D eigenvalue weighted by atomic mass is 35.5. The average molecular weight is 222 g/mol. The van der Waals surface area contributed by atoms with Crippen molar-refractivity contribution < 1.29 is 5.11 Å². The van der Waals surface area contributed by atoms with E-state index in [-0.39, 0.29) is 23.2 Å². The molecule has 0 aromatic carbocycles. The Morgan fingerprint density at radius 2 is 1.36 bits per heavy atom. The number of aliphatic hydroxyl groups is 1. The largest absolute Gasteiger partial charge is 0.389 e. The summed E-state index contributed by atoms with van der Waals surface area (Å²) < 4.78 is 0. The Morgan fingerprint density at radius 3 is 1.64 bits per heavy atom. The second-order valence-corrected chi connectivity index (χ2v) is 6.29. The summed E-state index contributed by atoms with van der Waals surface area (Å²) in [5, 5.41) is 10.2. The molecule has 0 aromatic rings. The van der Waals surface area contributed by atoms with Crippen molar-refractivity contribution in [1.29, 1.82) is 0 Å². The molecule has 14 heavy (non-hydrogen) atoms. The smallest absolute Gasteiger partial charge is 0.0779 e. The van der Waals surface area contributed by atoms with E-state index in [1.165, 1.54) is 6.42 Å². The van der Waals surface area contributed by atoms with Gasteiger partial charge in [-0.25, -0.2) is 0 Å². The molecule has 0 unspecified atom stereocenters. The molecule has 0 bridgehead atoms. The molecule has 0 heterocycles. The van der Waals surface area contributed by atoms with Crippen LogP contribution in [0.3, 0.4) is 0 Å². The number of nitrogens with two attached hydrogens (primary N) is 1. The third-order valence-corrected chi connectivity index (χ3v) is 2.95. The minimum atomic E-state index is -0.634. The molecule has 1 aliphatic carbocycles. The maximum Gasteiger partial charge on any atom is 0.0779 e. The maximum atomic E-state index is 10.2. The summed E-state index contributed by atoms with van der Waals surface area (Å²) in [5.41, 5.74) is 5.43. The van der Waals surface area contributed by atoms with Crippen LogP contribution in [0.2, 0.25) is 0 Å². The zero-order chi connectivity index (χ0) is 10.3. The van der Waals surface area contributed by atoms with E-state index in [4.69, 9.17) is 5.73 Å². The Balaban J connectivity index is 0.00000169. The number of hydrogen-bond acceptors (Lipinski definition) is 2. The molecule has 3 N–H and O–H groups in total. The summed E-state index contributed by atoms with van der Waals surface area (Å²) in [6, 6.07) is 0. The SMILES string of the molecule is CC1(C)CC(C)(C)CC(O)(CN)C1.Cl. The van der Waals surface area contributed by atoms with Gasteiger partial charge in [-0.15, -0.1) is 12.4 Å². The van der Waals surface area contributed by atoms with Crippen molar-refractivity contribution in [3.63, 3.8) is 0 Å². The van der Waals surface area contributed by atoms with Gasteiger partial charge in [-0.3, -0.25) is 0 Å². The van der Waals surface area contributed by atoms with E-state index in [1.54, 1.807) is 0 Å². The van der Waals surface area contributed by atoms with Crippen molar-refractivity contribution >= 4 is 12.4 Å². The predicted octanol–water partition coefficient (Wildman–Crippen LogP) is 2.33. The summed E-state index contributed by atoms with van der Waals surface area (Å²) >= 11 is 0. The molecular weight excluding hydrogens is 198 g/mol. The van der Waals surface area contributed by atoms with Crippen LogP contribution in [0.15, 0.2) is 0 Å². The van der Waals surface area contributed by atoms with Gasteiger partial charge < -0.3 is 10.8 Å². The van der Waals surface area contributed by atoms with E-state index in [9.17, 15) is 5.11 Å². The molecule has 0 aromatic heterocycles. The van der Waals surface area contributed by atoms with Gasteiger partial charge in [-0.1, -0.05) is 27.7 Å². The third-order valence-electron chi connectivity index (χ3n) is 2.95. The van der Waals surface area contributed by atoms with Crippen molar-refractivity contribution in [2.75, 3.05) is 6.54 Å². The molecular formula is C11H24ClNO. The topological polar surface area (TPSA) is 46.2 Å². The highest BCUT2D eigenvalue weighted by Gasteiger charge is 2.45. The van der Waals surface area contributed by atoms with Crippen LogP contribution in [-0.2, 0) is 0 Å². The van der Waals surface area contributed by atoms with Crippen molar-refractivity contribution in [3.8, 4) is 0 Å². The van der Waals surface area contributed by atoms with Gasteiger partial charge in [0.2, 0.25) is 0 Å². The lowest BCUT2D eigenvalue weighted by atomic mass is 9.60. The third kappa shape index (κ3) is 3.41. The summed E-state index contributed by atoms with van der Waals surface area (Å²) in [6.45, 7) is 9.26. The lowest BCUT2D eigenvalue weighted by Crippen LogP contribution is -2.50. The van der Waals surface area contributed by atoms with Gasteiger partial charge in [-0.2, -0.15) is 0 Å². The molecule has 0 amide bonds. The molecule has 2 nitrogen and oxygen atoms in total. The van der Waals surface area contributed by atoms with Crippen LogP contribution in [0.25, 0.3) is 0 Å². The molecule has 0 aliphatic heterocycles. The molecule has 0 atom stereocenters. The number of rotatable bonds is 1. The zero-order valence-corrected chi connectivity index (χ0v) is 10.6. The van der Waals surface area contributed by atoms with Crippen molar-refractivity contribution in [2.24, 2.45) is 16.6 Å². The maximum absolute atomic E-state index is 10.2. The minimum Gasteiger partial charge on any atom is -0.389 e. The first kappa shape index (κ1) is 14.2. The van der Waals surface area contributed by atoms with Crippen LogP contribution in [0, 0.1) is 10.8 Å². The van der Waals surface area contributed by atoms with Gasteiger partial charge in [0, 0.05) is 6.54 Å². The molecule has 86 valence electrons. The summed E-state index contributed by atoms with van der Waals surface area (Å²) in [7, 11) is 0. The predicted molar refractivity (Wildman–Crippen MR) is 62.7 cm³/mol. The van der Waals surface area contributed by atoms with Gasteiger partial charge in [-0.05, 0) is 30.1 Å². The standard InChI is InChI=1S/C11H23NO.ClH/c1-9(2)5-10(3,4)7-11(13,6-9)8-12;/h13H,5-8,12H2,1-4H3;1H. The second-order valence-electron chi connectivity index (χ2n) is 6.29. The van der Waals surface area contributed by atoms with E-state index >= 15 is 0 Å². The molecule has 1 aliphatic rings. The quantitative estimate of drug-likeness (QED) is 0.714. The van der Waals surface area contributed by atoms with Gasteiger partial charge in [0.05, 0.1) is 5.60 Å². The highest BCUT2D eigenvalue weighted by Crippen LogP contribution is 2.49. The monoisotopic (exact) mass is 221 g/mol. The molecule has 0 spiro atoms. The minimum absolute atomic E-state index is 0. The highest BCUT2D eigenvalue weighted by molar-refractivity contribution is 5.85. The number of halogens is 1. The molecule has 0 saturated heterocycles. The van der Waals surface area contributed by atoms with Crippen LogP contribution in [0.1, 0.15) is 47.0 Å². The lowest BCUT2D eigenvalue weighted by molar-refractivity contribution is -0.0791. The average Bonchev–Trinajstić information content (AvgIpc) is 1.79. The van der Waals surface area contributed by atoms with Gasteiger partial charge in [0.1, 0.15) is 0 Å². The number of hydrogen-bond donors (Lipinski definition) is 2. The van der Waals surface area contributed by atoms with Crippen molar-refractivity contribution in [1.82, 2.24) is 0 Å². The Bertz CT molecular complexity index is 185. The first-order valence-electron chi connectivity index (χ1n) is 5.11. The molecule has 0 radical (unpaired) electrons. The first-order valence-corrected chi connectivity index (χ1v) is 5.11. The van der Waals surface area contributed by atoms with Gasteiger partial charge >= 0.3 is 0 Å². The van der Waals surface area contributed by atoms with Crippen LogP contribution in [0.4, 0.5) is 0 Å². The Labute approximate surface area is 93.7 Å². The van der Waals surface area contributed by atoms with Crippen LogP contribution in [0.5, 0.6) is 0 Å². The summed E-state index contributed by atoms with van der Waals surface area (Å²) in [4.78, 5) is 0. The molecule has 1 saturated carbocycles. The normalized spacial score (nSPS) is 27.9. The van der Waals surface area contributed by atoms with Crippen LogP contribution < -0.4 is 5.73 Å². The van der Waals surface area contributed by atoms with Crippen molar-refractivity contribution in [3.05, 3.63) is 0 Å². The lowest BCUT2D eigenvalue weighted by Gasteiger charge is -2.49. The fraction of sp³-hybridized carbons (Fsp3) is 1.00. The van der Waals surface area contributed by atoms with Crippen LogP contribution in [-0.4, -0.2) is 17.3 Å². The van der Waals surface area contributed by atoms with Gasteiger partial charge in [0.15, 0.2) is 0 Å². The van der Waals surface area contributed by atoms with Gasteiger partial charge in [0.25, 0.3) is 0 Å². The fourth-order valence-electron chi connectivity index (χ4n) is 3.41.